The van der Waals surface area contributed by atoms with Gasteiger partial charge in [0, 0.05) is 24.2 Å². The van der Waals surface area contributed by atoms with Crippen LogP contribution in [0.2, 0.25) is 0 Å². The Morgan fingerprint density at radius 1 is 1.32 bits per heavy atom. The van der Waals surface area contributed by atoms with Gasteiger partial charge in [-0.3, -0.25) is 4.79 Å². The number of rotatable bonds is 4. The molecule has 0 aliphatic carbocycles. The van der Waals surface area contributed by atoms with Crippen LogP contribution in [0.1, 0.15) is 28.8 Å². The van der Waals surface area contributed by atoms with E-state index in [0.717, 1.165) is 31.5 Å². The number of nitrogens with two attached hydrogens (primary N) is 1. The summed E-state index contributed by atoms with van der Waals surface area (Å²) in [6.45, 7) is 4.06. The van der Waals surface area contributed by atoms with Crippen LogP contribution in [0, 0.1) is 12.8 Å². The number of carbonyl (C=O) groups excluding carboxylic acids is 1. The van der Waals surface area contributed by atoms with E-state index < -0.39 is 0 Å². The van der Waals surface area contributed by atoms with Crippen LogP contribution in [0.25, 0.3) is 0 Å². The second kappa shape index (κ2) is 8.25. The standard InChI is InChI=1S/C16H24N2O3.ClH/c1-11-14(20-2)7-13(8-15(11)21-3)16(19)18-6-4-5-12(9-17)10-18;/h7-8,12H,4-6,9-10,17H2,1-3H3;1H. The van der Waals surface area contributed by atoms with Gasteiger partial charge in [-0.2, -0.15) is 0 Å². The van der Waals surface area contributed by atoms with E-state index in [1.165, 1.54) is 0 Å². The first-order valence-electron chi connectivity index (χ1n) is 7.32. The van der Waals surface area contributed by atoms with Crippen LogP contribution in [0.3, 0.4) is 0 Å². The van der Waals surface area contributed by atoms with E-state index >= 15 is 0 Å². The van der Waals surface area contributed by atoms with Crippen LogP contribution in [0.4, 0.5) is 0 Å². The molecule has 1 aliphatic rings. The summed E-state index contributed by atoms with van der Waals surface area (Å²) >= 11 is 0. The first kappa shape index (κ1) is 18.6. The fourth-order valence-corrected chi connectivity index (χ4v) is 2.83. The van der Waals surface area contributed by atoms with E-state index in [9.17, 15) is 4.79 Å². The number of likely N-dealkylation sites (tertiary alicyclic amines) is 1. The summed E-state index contributed by atoms with van der Waals surface area (Å²) in [7, 11) is 3.20. The number of methoxy groups -OCH3 is 2. The van der Waals surface area contributed by atoms with E-state index in [1.54, 1.807) is 26.4 Å². The lowest BCUT2D eigenvalue weighted by molar-refractivity contribution is 0.0677. The van der Waals surface area contributed by atoms with Gasteiger partial charge in [-0.25, -0.2) is 0 Å². The molecule has 1 fully saturated rings. The van der Waals surface area contributed by atoms with Crippen LogP contribution in [-0.2, 0) is 0 Å². The molecule has 0 aromatic heterocycles. The molecule has 2 rings (SSSR count). The lowest BCUT2D eigenvalue weighted by Gasteiger charge is -2.32. The minimum absolute atomic E-state index is 0. The van der Waals surface area contributed by atoms with Gasteiger partial charge in [0.15, 0.2) is 0 Å². The highest BCUT2D eigenvalue weighted by Gasteiger charge is 2.25. The van der Waals surface area contributed by atoms with E-state index in [1.807, 2.05) is 11.8 Å². The number of hydrogen-bond donors (Lipinski definition) is 1. The molecule has 124 valence electrons. The molecule has 2 N–H and O–H groups in total. The van der Waals surface area contributed by atoms with Crippen LogP contribution >= 0.6 is 12.4 Å². The third-order valence-electron chi connectivity index (χ3n) is 4.14. The van der Waals surface area contributed by atoms with Gasteiger partial charge in [-0.15, -0.1) is 12.4 Å². The van der Waals surface area contributed by atoms with Gasteiger partial charge in [0.25, 0.3) is 5.91 Å². The number of hydrogen-bond acceptors (Lipinski definition) is 4. The summed E-state index contributed by atoms with van der Waals surface area (Å²) in [6.07, 6.45) is 2.11. The molecular formula is C16H25ClN2O3. The number of amides is 1. The SMILES string of the molecule is COc1cc(C(=O)N2CCCC(CN)C2)cc(OC)c1C.Cl. The van der Waals surface area contributed by atoms with Crippen molar-refractivity contribution in [2.75, 3.05) is 33.9 Å². The number of halogens is 1. The molecule has 0 radical (unpaired) electrons. The lowest BCUT2D eigenvalue weighted by atomic mass is 9.97. The van der Waals surface area contributed by atoms with Gasteiger partial charge < -0.3 is 20.1 Å². The predicted molar refractivity (Wildman–Crippen MR) is 89.2 cm³/mol. The van der Waals surface area contributed by atoms with Crippen LogP contribution in [-0.4, -0.2) is 44.7 Å². The minimum atomic E-state index is 0. The third-order valence-corrected chi connectivity index (χ3v) is 4.14. The molecule has 1 saturated heterocycles. The molecule has 6 heteroatoms. The zero-order valence-electron chi connectivity index (χ0n) is 13.4. The molecule has 0 spiro atoms. The Morgan fingerprint density at radius 2 is 1.91 bits per heavy atom. The van der Waals surface area contributed by atoms with Crippen LogP contribution < -0.4 is 15.2 Å². The Morgan fingerprint density at radius 3 is 2.41 bits per heavy atom. The number of nitrogens with zero attached hydrogens (tertiary/aromatic N) is 1. The number of carbonyl (C=O) groups is 1. The molecule has 1 atom stereocenters. The third kappa shape index (κ3) is 3.84. The Kier molecular flexibility index (Phi) is 6.97. The quantitative estimate of drug-likeness (QED) is 0.920. The largest absolute Gasteiger partial charge is 0.496 e. The zero-order chi connectivity index (χ0) is 15.4. The van der Waals surface area contributed by atoms with Crippen molar-refractivity contribution in [2.45, 2.75) is 19.8 Å². The summed E-state index contributed by atoms with van der Waals surface area (Å²) in [4.78, 5) is 14.6. The lowest BCUT2D eigenvalue weighted by Crippen LogP contribution is -2.42. The summed E-state index contributed by atoms with van der Waals surface area (Å²) in [5, 5.41) is 0. The molecule has 0 bridgehead atoms. The normalized spacial score (nSPS) is 17.6. The maximum atomic E-state index is 12.7. The topological polar surface area (TPSA) is 64.8 Å². The zero-order valence-corrected chi connectivity index (χ0v) is 14.2. The smallest absolute Gasteiger partial charge is 0.254 e. The number of piperidine rings is 1. The molecule has 1 aromatic rings. The summed E-state index contributed by atoms with van der Waals surface area (Å²) in [5.41, 5.74) is 7.24. The summed E-state index contributed by atoms with van der Waals surface area (Å²) < 4.78 is 10.7. The predicted octanol–water partition coefficient (Wildman–Crippen LogP) is 2.24. The number of ether oxygens (including phenoxy) is 2. The van der Waals surface area contributed by atoms with E-state index in [2.05, 4.69) is 0 Å². The van der Waals surface area contributed by atoms with Crippen molar-refractivity contribution in [1.29, 1.82) is 0 Å². The average Bonchev–Trinajstić information content (AvgIpc) is 2.54. The molecule has 1 unspecified atom stereocenters. The van der Waals surface area contributed by atoms with E-state index in [0.29, 0.717) is 29.5 Å². The Labute approximate surface area is 138 Å². The first-order valence-corrected chi connectivity index (χ1v) is 7.32. The highest BCUT2D eigenvalue weighted by Crippen LogP contribution is 2.30. The maximum Gasteiger partial charge on any atom is 0.254 e. The maximum absolute atomic E-state index is 12.7. The average molecular weight is 329 g/mol. The van der Waals surface area contributed by atoms with E-state index in [-0.39, 0.29) is 18.3 Å². The molecule has 22 heavy (non-hydrogen) atoms. The molecular weight excluding hydrogens is 304 g/mol. The monoisotopic (exact) mass is 328 g/mol. The summed E-state index contributed by atoms with van der Waals surface area (Å²) in [5.74, 6) is 1.76. The van der Waals surface area contributed by atoms with Gasteiger partial charge in [-0.05, 0) is 44.4 Å². The second-order valence-electron chi connectivity index (χ2n) is 5.50. The highest BCUT2D eigenvalue weighted by molar-refractivity contribution is 5.95. The van der Waals surface area contributed by atoms with E-state index in [4.69, 9.17) is 15.2 Å². The number of benzene rings is 1. The van der Waals surface area contributed by atoms with Crippen molar-refractivity contribution in [3.05, 3.63) is 23.3 Å². The Balaban J connectivity index is 0.00000242. The van der Waals surface area contributed by atoms with Crippen molar-refractivity contribution >= 4 is 18.3 Å². The Hall–Kier alpha value is -1.46. The van der Waals surface area contributed by atoms with Crippen molar-refractivity contribution in [3.8, 4) is 11.5 Å². The second-order valence-corrected chi connectivity index (χ2v) is 5.50. The van der Waals surface area contributed by atoms with Crippen molar-refractivity contribution in [2.24, 2.45) is 11.7 Å². The van der Waals surface area contributed by atoms with Gasteiger partial charge >= 0.3 is 0 Å². The first-order chi connectivity index (χ1) is 10.1. The molecule has 1 aromatic carbocycles. The van der Waals surface area contributed by atoms with Crippen LogP contribution in [0.5, 0.6) is 11.5 Å². The van der Waals surface area contributed by atoms with Gasteiger partial charge in [0.05, 0.1) is 14.2 Å². The fraction of sp³-hybridized carbons (Fsp3) is 0.562. The molecule has 5 nitrogen and oxygen atoms in total. The Bertz CT molecular complexity index is 497. The summed E-state index contributed by atoms with van der Waals surface area (Å²) in [6, 6.07) is 3.57. The van der Waals surface area contributed by atoms with Crippen LogP contribution in [0.15, 0.2) is 12.1 Å². The highest BCUT2D eigenvalue weighted by atomic mass is 35.5. The van der Waals surface area contributed by atoms with Gasteiger partial charge in [-0.1, -0.05) is 0 Å². The van der Waals surface area contributed by atoms with Crippen molar-refractivity contribution in [3.63, 3.8) is 0 Å². The fourth-order valence-electron chi connectivity index (χ4n) is 2.83. The van der Waals surface area contributed by atoms with Gasteiger partial charge in [0.1, 0.15) is 11.5 Å². The molecule has 1 heterocycles. The molecule has 1 aliphatic heterocycles. The molecule has 1 amide bonds. The van der Waals surface area contributed by atoms with Gasteiger partial charge in [0.2, 0.25) is 0 Å². The van der Waals surface area contributed by atoms with Crippen molar-refractivity contribution in [1.82, 2.24) is 4.90 Å². The minimum Gasteiger partial charge on any atom is -0.496 e. The van der Waals surface area contributed by atoms with Crippen molar-refractivity contribution < 1.29 is 14.3 Å². The molecule has 0 saturated carbocycles.